The molecule has 0 saturated carbocycles. The number of piperazine rings is 1. The third-order valence-electron chi connectivity index (χ3n) is 3.49. The first kappa shape index (κ1) is 13.3. The Morgan fingerprint density at radius 2 is 2.00 bits per heavy atom. The molecule has 18 heavy (non-hydrogen) atoms. The summed E-state index contributed by atoms with van der Waals surface area (Å²) in [6.45, 7) is 8.64. The van der Waals surface area contributed by atoms with Crippen molar-refractivity contribution in [1.82, 2.24) is 5.32 Å². The summed E-state index contributed by atoms with van der Waals surface area (Å²) in [7, 11) is 0. The SMILES string of the molecule is CC(C)(C)C1CN(c2cccc(F)c2F)CCN1. The van der Waals surface area contributed by atoms with E-state index >= 15 is 0 Å². The molecule has 1 aliphatic rings. The highest BCUT2D eigenvalue weighted by molar-refractivity contribution is 5.48. The Labute approximate surface area is 107 Å². The largest absolute Gasteiger partial charge is 0.366 e. The van der Waals surface area contributed by atoms with E-state index in [4.69, 9.17) is 0 Å². The van der Waals surface area contributed by atoms with Crippen LogP contribution in [0.3, 0.4) is 0 Å². The molecule has 0 aliphatic carbocycles. The zero-order valence-corrected chi connectivity index (χ0v) is 11.1. The molecule has 1 aliphatic heterocycles. The van der Waals surface area contributed by atoms with Gasteiger partial charge in [-0.15, -0.1) is 0 Å². The maximum Gasteiger partial charge on any atom is 0.182 e. The van der Waals surface area contributed by atoms with Crippen LogP contribution in [0.4, 0.5) is 14.5 Å². The fourth-order valence-corrected chi connectivity index (χ4v) is 2.29. The lowest BCUT2D eigenvalue weighted by Crippen LogP contribution is -2.56. The maximum atomic E-state index is 13.8. The molecule has 1 N–H and O–H groups in total. The van der Waals surface area contributed by atoms with Gasteiger partial charge in [-0.05, 0) is 17.5 Å². The minimum atomic E-state index is -0.779. The van der Waals surface area contributed by atoms with Gasteiger partial charge in [-0.3, -0.25) is 0 Å². The molecular formula is C14H20F2N2. The highest BCUT2D eigenvalue weighted by Gasteiger charge is 2.30. The zero-order chi connectivity index (χ0) is 13.3. The Hall–Kier alpha value is -1.16. The van der Waals surface area contributed by atoms with Gasteiger partial charge in [-0.2, -0.15) is 0 Å². The van der Waals surface area contributed by atoms with Crippen molar-refractivity contribution in [2.75, 3.05) is 24.5 Å². The lowest BCUT2D eigenvalue weighted by atomic mass is 9.85. The van der Waals surface area contributed by atoms with Crippen LogP contribution in [0.1, 0.15) is 20.8 Å². The van der Waals surface area contributed by atoms with Crippen LogP contribution in [0.5, 0.6) is 0 Å². The number of benzene rings is 1. The van der Waals surface area contributed by atoms with Crippen LogP contribution in [-0.2, 0) is 0 Å². The molecule has 0 spiro atoms. The zero-order valence-electron chi connectivity index (χ0n) is 11.1. The molecule has 0 aromatic heterocycles. The third-order valence-corrected chi connectivity index (χ3v) is 3.49. The molecule has 1 fully saturated rings. The predicted octanol–water partition coefficient (Wildman–Crippen LogP) is 2.79. The molecule has 1 unspecified atom stereocenters. The normalized spacial score (nSPS) is 21.2. The molecular weight excluding hydrogens is 234 g/mol. The van der Waals surface area contributed by atoms with Gasteiger partial charge >= 0.3 is 0 Å². The van der Waals surface area contributed by atoms with Crippen LogP contribution in [0, 0.1) is 17.0 Å². The smallest absolute Gasteiger partial charge is 0.182 e. The van der Waals surface area contributed by atoms with Gasteiger partial charge in [-0.25, -0.2) is 8.78 Å². The molecule has 0 bridgehead atoms. The van der Waals surface area contributed by atoms with Gasteiger partial charge in [0.05, 0.1) is 5.69 Å². The minimum Gasteiger partial charge on any atom is -0.366 e. The van der Waals surface area contributed by atoms with Crippen molar-refractivity contribution in [3.05, 3.63) is 29.8 Å². The van der Waals surface area contributed by atoms with E-state index in [1.165, 1.54) is 0 Å². The number of rotatable bonds is 1. The van der Waals surface area contributed by atoms with Gasteiger partial charge < -0.3 is 10.2 Å². The molecule has 100 valence electrons. The van der Waals surface area contributed by atoms with Crippen molar-refractivity contribution in [2.24, 2.45) is 5.41 Å². The monoisotopic (exact) mass is 254 g/mol. The molecule has 2 rings (SSSR count). The fraction of sp³-hybridized carbons (Fsp3) is 0.571. The van der Waals surface area contributed by atoms with E-state index in [0.717, 1.165) is 12.6 Å². The lowest BCUT2D eigenvalue weighted by Gasteiger charge is -2.41. The number of halogens is 2. The van der Waals surface area contributed by atoms with Crippen molar-refractivity contribution in [2.45, 2.75) is 26.8 Å². The summed E-state index contributed by atoms with van der Waals surface area (Å²) in [6, 6.07) is 4.63. The van der Waals surface area contributed by atoms with Crippen LogP contribution >= 0.6 is 0 Å². The lowest BCUT2D eigenvalue weighted by molar-refractivity contribution is 0.253. The Bertz CT molecular complexity index is 426. The minimum absolute atomic E-state index is 0.0997. The summed E-state index contributed by atoms with van der Waals surface area (Å²) in [6.07, 6.45) is 0. The third kappa shape index (κ3) is 2.64. The Balaban J connectivity index is 2.21. The van der Waals surface area contributed by atoms with E-state index in [0.29, 0.717) is 18.8 Å². The van der Waals surface area contributed by atoms with Gasteiger partial charge in [0.1, 0.15) is 0 Å². The van der Waals surface area contributed by atoms with Crippen LogP contribution in [-0.4, -0.2) is 25.7 Å². The standard InChI is InChI=1S/C14H20F2N2/c1-14(2,3)12-9-18(8-7-17-12)11-6-4-5-10(15)13(11)16/h4-6,12,17H,7-9H2,1-3H3. The van der Waals surface area contributed by atoms with Crippen molar-refractivity contribution in [3.8, 4) is 0 Å². The summed E-state index contributed by atoms with van der Waals surface area (Å²) in [5.41, 5.74) is 0.466. The first-order valence-electron chi connectivity index (χ1n) is 6.32. The van der Waals surface area contributed by atoms with Gasteiger partial charge in [-0.1, -0.05) is 26.8 Å². The van der Waals surface area contributed by atoms with Crippen LogP contribution in [0.2, 0.25) is 0 Å². The van der Waals surface area contributed by atoms with Crippen molar-refractivity contribution < 1.29 is 8.78 Å². The topological polar surface area (TPSA) is 15.3 Å². The first-order chi connectivity index (χ1) is 8.39. The Kier molecular flexibility index (Phi) is 3.57. The highest BCUT2D eigenvalue weighted by atomic mass is 19.2. The molecule has 0 radical (unpaired) electrons. The summed E-state index contributed by atoms with van der Waals surface area (Å²) < 4.78 is 27.0. The Morgan fingerprint density at radius 1 is 1.28 bits per heavy atom. The van der Waals surface area contributed by atoms with Gasteiger partial charge in [0.25, 0.3) is 0 Å². The van der Waals surface area contributed by atoms with Crippen molar-refractivity contribution in [3.63, 3.8) is 0 Å². The second-order valence-corrected chi connectivity index (χ2v) is 5.89. The molecule has 1 heterocycles. The van der Waals surface area contributed by atoms with Crippen molar-refractivity contribution >= 4 is 5.69 Å². The molecule has 0 amide bonds. The number of nitrogens with one attached hydrogen (secondary N) is 1. The predicted molar refractivity (Wildman–Crippen MR) is 69.8 cm³/mol. The number of hydrogen-bond donors (Lipinski definition) is 1. The molecule has 1 aromatic rings. The second kappa shape index (κ2) is 4.84. The van der Waals surface area contributed by atoms with Crippen LogP contribution in [0.15, 0.2) is 18.2 Å². The molecule has 2 nitrogen and oxygen atoms in total. The van der Waals surface area contributed by atoms with E-state index in [1.54, 1.807) is 12.1 Å². The van der Waals surface area contributed by atoms with E-state index in [9.17, 15) is 8.78 Å². The van der Waals surface area contributed by atoms with Crippen molar-refractivity contribution in [1.29, 1.82) is 0 Å². The first-order valence-corrected chi connectivity index (χ1v) is 6.32. The van der Waals surface area contributed by atoms with Crippen LogP contribution in [0.25, 0.3) is 0 Å². The summed E-state index contributed by atoms with van der Waals surface area (Å²) in [4.78, 5) is 1.92. The summed E-state index contributed by atoms with van der Waals surface area (Å²) in [5.74, 6) is -1.52. The summed E-state index contributed by atoms with van der Waals surface area (Å²) >= 11 is 0. The fourth-order valence-electron chi connectivity index (χ4n) is 2.29. The van der Waals surface area contributed by atoms with E-state index in [1.807, 2.05) is 4.90 Å². The molecule has 1 aromatic carbocycles. The van der Waals surface area contributed by atoms with Crippen LogP contribution < -0.4 is 10.2 Å². The number of hydrogen-bond acceptors (Lipinski definition) is 2. The second-order valence-electron chi connectivity index (χ2n) is 5.89. The van der Waals surface area contributed by atoms with E-state index in [-0.39, 0.29) is 11.5 Å². The molecule has 1 atom stereocenters. The molecule has 1 saturated heterocycles. The molecule has 4 heteroatoms. The Morgan fingerprint density at radius 3 is 2.67 bits per heavy atom. The highest BCUT2D eigenvalue weighted by Crippen LogP contribution is 2.27. The van der Waals surface area contributed by atoms with Gasteiger partial charge in [0.15, 0.2) is 11.6 Å². The number of nitrogens with zero attached hydrogens (tertiary/aromatic N) is 1. The van der Waals surface area contributed by atoms with Gasteiger partial charge in [0.2, 0.25) is 0 Å². The quantitative estimate of drug-likeness (QED) is 0.829. The average molecular weight is 254 g/mol. The number of anilines is 1. The average Bonchev–Trinajstić information content (AvgIpc) is 2.32. The van der Waals surface area contributed by atoms with E-state index < -0.39 is 11.6 Å². The maximum absolute atomic E-state index is 13.8. The van der Waals surface area contributed by atoms with Gasteiger partial charge in [0, 0.05) is 25.7 Å². The summed E-state index contributed by atoms with van der Waals surface area (Å²) in [5, 5.41) is 3.43. The van der Waals surface area contributed by atoms with E-state index in [2.05, 4.69) is 26.1 Å².